The monoisotopic (exact) mass is 319 g/mol. The number of allylic oxidation sites excluding steroid dienone is 1. The summed E-state index contributed by atoms with van der Waals surface area (Å²) in [6.07, 6.45) is 5.95. The smallest absolute Gasteiger partial charge is 0.249 e. The van der Waals surface area contributed by atoms with Crippen LogP contribution in [0.2, 0.25) is 0 Å². The molecule has 0 saturated carbocycles. The van der Waals surface area contributed by atoms with Crippen molar-refractivity contribution >= 4 is 11.7 Å². The number of Topliss-reactive ketones (excluding diaryl/α,β-unsaturated/α-hetero) is 1. The predicted octanol–water partition coefficient (Wildman–Crippen LogP) is 3.50. The van der Waals surface area contributed by atoms with Crippen molar-refractivity contribution in [2.75, 3.05) is 13.1 Å². The average Bonchev–Trinajstić information content (AvgIpc) is 3.10. The fourth-order valence-corrected chi connectivity index (χ4v) is 3.35. The van der Waals surface area contributed by atoms with Gasteiger partial charge in [-0.15, -0.1) is 0 Å². The van der Waals surface area contributed by atoms with Crippen molar-refractivity contribution in [1.82, 2.24) is 4.90 Å². The van der Waals surface area contributed by atoms with Gasteiger partial charge in [-0.2, -0.15) is 0 Å². The molecule has 1 aromatic rings. The molecule has 5 heteroatoms. The molecule has 2 aliphatic rings. The van der Waals surface area contributed by atoms with Gasteiger partial charge in [0.1, 0.15) is 11.6 Å². The van der Waals surface area contributed by atoms with E-state index in [2.05, 4.69) is 0 Å². The van der Waals surface area contributed by atoms with Gasteiger partial charge in [0.2, 0.25) is 5.91 Å². The van der Waals surface area contributed by atoms with Crippen LogP contribution in [0, 0.1) is 17.6 Å². The molecule has 23 heavy (non-hydrogen) atoms. The molecule has 1 amide bonds. The van der Waals surface area contributed by atoms with E-state index >= 15 is 0 Å². The lowest BCUT2D eigenvalue weighted by atomic mass is 9.89. The number of piperidine rings is 1. The Kier molecular flexibility index (Phi) is 4.55. The average molecular weight is 319 g/mol. The van der Waals surface area contributed by atoms with Crippen molar-refractivity contribution in [3.8, 4) is 0 Å². The van der Waals surface area contributed by atoms with E-state index in [1.165, 1.54) is 0 Å². The van der Waals surface area contributed by atoms with E-state index in [1.54, 1.807) is 4.90 Å². The number of carbonyl (C=O) groups is 2. The van der Waals surface area contributed by atoms with Gasteiger partial charge in [-0.25, -0.2) is 8.78 Å². The maximum atomic E-state index is 13.8. The molecule has 3 nitrogen and oxygen atoms in total. The Balaban J connectivity index is 1.74. The number of hydrogen-bond donors (Lipinski definition) is 0. The molecule has 1 aliphatic heterocycles. The third kappa shape index (κ3) is 3.33. The number of ketones is 1. The number of likely N-dealkylation sites (tertiary alicyclic amines) is 1. The first-order valence-corrected chi connectivity index (χ1v) is 8.04. The van der Waals surface area contributed by atoms with Crippen molar-refractivity contribution in [2.24, 2.45) is 5.92 Å². The molecule has 1 fully saturated rings. The number of rotatable bonds is 3. The highest BCUT2D eigenvalue weighted by molar-refractivity contribution is 5.99. The summed E-state index contributed by atoms with van der Waals surface area (Å²) in [5, 5.41) is 0. The first kappa shape index (κ1) is 15.8. The Bertz CT molecular complexity index is 669. The lowest BCUT2D eigenvalue weighted by molar-refractivity contribution is -0.128. The van der Waals surface area contributed by atoms with E-state index in [-0.39, 0.29) is 18.0 Å². The van der Waals surface area contributed by atoms with Crippen molar-refractivity contribution in [3.63, 3.8) is 0 Å². The molecular weight excluding hydrogens is 300 g/mol. The van der Waals surface area contributed by atoms with Crippen LogP contribution in [0.25, 0.3) is 0 Å². The topological polar surface area (TPSA) is 37.4 Å². The van der Waals surface area contributed by atoms with Crippen LogP contribution in [-0.4, -0.2) is 29.7 Å². The first-order valence-electron chi connectivity index (χ1n) is 8.04. The Morgan fingerprint density at radius 2 is 2.00 bits per heavy atom. The van der Waals surface area contributed by atoms with Gasteiger partial charge in [-0.05, 0) is 50.3 Å². The molecule has 0 spiro atoms. The van der Waals surface area contributed by atoms with Crippen molar-refractivity contribution in [3.05, 3.63) is 47.0 Å². The third-order valence-electron chi connectivity index (χ3n) is 4.59. The molecule has 0 N–H and O–H groups in total. The summed E-state index contributed by atoms with van der Waals surface area (Å²) < 4.78 is 27.1. The molecule has 0 bridgehead atoms. The number of amides is 1. The van der Waals surface area contributed by atoms with E-state index in [0.717, 1.165) is 43.0 Å². The van der Waals surface area contributed by atoms with Crippen LogP contribution in [0.5, 0.6) is 0 Å². The number of nitrogens with zero attached hydrogens (tertiary/aromatic N) is 1. The summed E-state index contributed by atoms with van der Waals surface area (Å²) in [4.78, 5) is 26.6. The normalized spacial score (nSPS) is 21.2. The number of halogens is 2. The summed E-state index contributed by atoms with van der Waals surface area (Å²) in [6.45, 7) is 0.899. The van der Waals surface area contributed by atoms with Gasteiger partial charge in [0.05, 0.1) is 5.56 Å². The molecule has 1 saturated heterocycles. The van der Waals surface area contributed by atoms with Gasteiger partial charge >= 0.3 is 0 Å². The molecular formula is C18H19F2NO2. The second-order valence-electron chi connectivity index (χ2n) is 6.20. The fraction of sp³-hybridized carbons (Fsp3) is 0.444. The van der Waals surface area contributed by atoms with Crippen LogP contribution in [0.4, 0.5) is 8.78 Å². The number of carbonyl (C=O) groups excluding carboxylic acids is 2. The second kappa shape index (κ2) is 6.60. The second-order valence-corrected chi connectivity index (χ2v) is 6.20. The standard InChI is InChI=1S/C18H19F2NO2/c19-14-7-8-16(20)15(10-14)17(22)13-6-3-9-21(11-13)18(23)12-4-1-2-5-12/h4,7-8,10,13H,1-3,5-6,9,11H2/t13-/m0/s1. The van der Waals surface area contributed by atoms with Crippen LogP contribution in [0.15, 0.2) is 29.8 Å². The van der Waals surface area contributed by atoms with Gasteiger partial charge in [-0.3, -0.25) is 9.59 Å². The van der Waals surface area contributed by atoms with E-state index in [0.29, 0.717) is 19.4 Å². The van der Waals surface area contributed by atoms with Gasteiger partial charge in [0, 0.05) is 24.6 Å². The highest BCUT2D eigenvalue weighted by Gasteiger charge is 2.31. The summed E-state index contributed by atoms with van der Waals surface area (Å²) >= 11 is 0. The lowest BCUT2D eigenvalue weighted by Crippen LogP contribution is -2.43. The quantitative estimate of drug-likeness (QED) is 0.800. The largest absolute Gasteiger partial charge is 0.338 e. The van der Waals surface area contributed by atoms with Crippen molar-refractivity contribution < 1.29 is 18.4 Å². The molecule has 1 atom stereocenters. The maximum absolute atomic E-state index is 13.8. The third-order valence-corrected chi connectivity index (χ3v) is 4.59. The van der Waals surface area contributed by atoms with Gasteiger partial charge in [0.25, 0.3) is 0 Å². The minimum atomic E-state index is -0.710. The van der Waals surface area contributed by atoms with Crippen LogP contribution >= 0.6 is 0 Å². The molecule has 122 valence electrons. The predicted molar refractivity (Wildman–Crippen MR) is 81.9 cm³/mol. The summed E-state index contributed by atoms with van der Waals surface area (Å²) in [6, 6.07) is 2.91. The van der Waals surface area contributed by atoms with Crippen LogP contribution < -0.4 is 0 Å². The highest BCUT2D eigenvalue weighted by Crippen LogP contribution is 2.26. The van der Waals surface area contributed by atoms with Gasteiger partial charge in [-0.1, -0.05) is 6.08 Å². The van der Waals surface area contributed by atoms with Crippen molar-refractivity contribution in [1.29, 1.82) is 0 Å². The van der Waals surface area contributed by atoms with E-state index in [4.69, 9.17) is 0 Å². The molecule has 0 aromatic heterocycles. The first-order chi connectivity index (χ1) is 11.1. The fourth-order valence-electron chi connectivity index (χ4n) is 3.35. The zero-order chi connectivity index (χ0) is 16.4. The van der Waals surface area contributed by atoms with Crippen molar-refractivity contribution in [2.45, 2.75) is 32.1 Å². The van der Waals surface area contributed by atoms with E-state index < -0.39 is 23.3 Å². The highest BCUT2D eigenvalue weighted by atomic mass is 19.1. The summed E-state index contributed by atoms with van der Waals surface area (Å²) in [5.74, 6) is -2.24. The Hall–Kier alpha value is -2.04. The minimum absolute atomic E-state index is 0.0142. The molecule has 1 aromatic carbocycles. The van der Waals surface area contributed by atoms with Gasteiger partial charge in [0.15, 0.2) is 5.78 Å². The summed E-state index contributed by atoms with van der Waals surface area (Å²) in [7, 11) is 0. The SMILES string of the molecule is O=C(c1cc(F)ccc1F)[C@H]1CCCN(C(=O)C2=CCCC2)C1. The van der Waals surface area contributed by atoms with Crippen LogP contribution in [0.3, 0.4) is 0 Å². The molecule has 0 unspecified atom stereocenters. The number of benzene rings is 1. The molecule has 1 aliphatic carbocycles. The van der Waals surface area contributed by atoms with Gasteiger partial charge < -0.3 is 4.90 Å². The zero-order valence-electron chi connectivity index (χ0n) is 12.9. The number of hydrogen-bond acceptors (Lipinski definition) is 2. The van der Waals surface area contributed by atoms with Crippen LogP contribution in [-0.2, 0) is 4.79 Å². The molecule has 0 radical (unpaired) electrons. The lowest BCUT2D eigenvalue weighted by Gasteiger charge is -2.32. The maximum Gasteiger partial charge on any atom is 0.249 e. The summed E-state index contributed by atoms with van der Waals surface area (Å²) in [5.41, 5.74) is 0.597. The van der Waals surface area contributed by atoms with Crippen LogP contribution in [0.1, 0.15) is 42.5 Å². The zero-order valence-corrected chi connectivity index (χ0v) is 12.9. The molecule has 1 heterocycles. The molecule has 3 rings (SSSR count). The Morgan fingerprint density at radius 3 is 2.74 bits per heavy atom. The van der Waals surface area contributed by atoms with E-state index in [1.807, 2.05) is 6.08 Å². The minimum Gasteiger partial charge on any atom is -0.338 e. The Labute approximate surface area is 134 Å². The van der Waals surface area contributed by atoms with E-state index in [9.17, 15) is 18.4 Å². The Morgan fingerprint density at radius 1 is 1.17 bits per heavy atom.